The van der Waals surface area contributed by atoms with Gasteiger partial charge in [-0.25, -0.2) is 13.2 Å². The van der Waals surface area contributed by atoms with E-state index in [2.05, 4.69) is 25.7 Å². The number of amides is 2. The Hall–Kier alpha value is -4.61. The molecule has 0 saturated heterocycles. The number of aromatic amines is 1. The van der Waals surface area contributed by atoms with Crippen molar-refractivity contribution in [3.8, 4) is 17.0 Å². The zero-order chi connectivity index (χ0) is 30.6. The van der Waals surface area contributed by atoms with Gasteiger partial charge in [-0.15, -0.1) is 0 Å². The normalized spacial score (nSPS) is 17.3. The number of ether oxygens (including phenoxy) is 1. The fourth-order valence-electron chi connectivity index (χ4n) is 6.05. The van der Waals surface area contributed by atoms with Gasteiger partial charge in [-0.05, 0) is 58.2 Å². The Morgan fingerprint density at radius 2 is 1.86 bits per heavy atom. The Bertz CT molecular complexity index is 1720. The van der Waals surface area contributed by atoms with Gasteiger partial charge in [-0.2, -0.15) is 5.10 Å². The van der Waals surface area contributed by atoms with Crippen LogP contribution in [0.1, 0.15) is 66.0 Å². The molecule has 1 fully saturated rings. The summed E-state index contributed by atoms with van der Waals surface area (Å²) in [6.07, 6.45) is 5.89. The number of hydrogen-bond acceptors (Lipinski definition) is 5. The summed E-state index contributed by atoms with van der Waals surface area (Å²) in [6.45, 7) is 7.54. The van der Waals surface area contributed by atoms with Crippen molar-refractivity contribution in [2.45, 2.75) is 58.5 Å². The number of carbonyl (C=O) groups excluding carboxylic acids is 2. The summed E-state index contributed by atoms with van der Waals surface area (Å²) < 4.78 is 51.4. The van der Waals surface area contributed by atoms with Gasteiger partial charge in [0.15, 0.2) is 17.5 Å². The van der Waals surface area contributed by atoms with Crippen molar-refractivity contribution in [3.05, 3.63) is 82.8 Å². The highest BCUT2D eigenvalue weighted by molar-refractivity contribution is 6.01. The third-order valence-corrected chi connectivity index (χ3v) is 8.37. The van der Waals surface area contributed by atoms with Crippen molar-refractivity contribution in [2.24, 2.45) is 5.41 Å². The molecule has 1 saturated carbocycles. The molecule has 1 unspecified atom stereocenters. The van der Waals surface area contributed by atoms with Crippen molar-refractivity contribution in [1.82, 2.24) is 25.1 Å². The van der Waals surface area contributed by atoms with Gasteiger partial charge < -0.3 is 20.4 Å². The van der Waals surface area contributed by atoms with E-state index in [4.69, 9.17) is 4.74 Å². The first-order valence-electron chi connectivity index (χ1n) is 14.1. The fraction of sp³-hybridized carbons (Fsp3) is 0.355. The molecule has 0 bridgehead atoms. The predicted octanol–water partition coefficient (Wildman–Crippen LogP) is 5.58. The Morgan fingerprint density at radius 3 is 2.51 bits per heavy atom. The lowest BCUT2D eigenvalue weighted by Gasteiger charge is -2.38. The zero-order valence-electron chi connectivity index (χ0n) is 24.1. The second kappa shape index (κ2) is 10.6. The quantitative estimate of drug-likeness (QED) is 0.259. The van der Waals surface area contributed by atoms with Crippen LogP contribution in [-0.2, 0) is 4.79 Å². The van der Waals surface area contributed by atoms with Crippen LogP contribution >= 0.6 is 0 Å². The third-order valence-electron chi connectivity index (χ3n) is 8.37. The van der Waals surface area contributed by atoms with Gasteiger partial charge in [0.2, 0.25) is 5.91 Å². The number of carbonyl (C=O) groups is 2. The molecule has 3 N–H and O–H groups in total. The molecule has 12 heteroatoms. The van der Waals surface area contributed by atoms with E-state index in [-0.39, 0.29) is 41.0 Å². The van der Waals surface area contributed by atoms with Crippen LogP contribution < -0.4 is 15.4 Å². The SMILES string of the molecule is Cc1c[nH]c(C)c1-c1ncc(NC(=O)[C@@H](NC(=O)c2ccnn2C(C)C)C2c3cc(F)c(F)cc3OCC23CC3)cc1F. The molecule has 3 aromatic heterocycles. The molecular weight excluding hydrogens is 561 g/mol. The van der Waals surface area contributed by atoms with Crippen molar-refractivity contribution >= 4 is 17.5 Å². The molecule has 224 valence electrons. The largest absolute Gasteiger partial charge is 0.493 e. The molecule has 9 nitrogen and oxygen atoms in total. The first-order chi connectivity index (χ1) is 20.5. The minimum atomic E-state index is -1.25. The Kier molecular flexibility index (Phi) is 7.02. The van der Waals surface area contributed by atoms with Crippen molar-refractivity contribution in [1.29, 1.82) is 0 Å². The average molecular weight is 593 g/mol. The van der Waals surface area contributed by atoms with Gasteiger partial charge in [-0.1, -0.05) is 0 Å². The lowest BCUT2D eigenvalue weighted by Crippen LogP contribution is -2.52. The van der Waals surface area contributed by atoms with Gasteiger partial charge in [0.05, 0.1) is 18.5 Å². The minimum absolute atomic E-state index is 0.0750. The van der Waals surface area contributed by atoms with Crippen LogP contribution in [0.25, 0.3) is 11.3 Å². The van der Waals surface area contributed by atoms with Crippen LogP contribution in [0.15, 0.2) is 42.9 Å². The Morgan fingerprint density at radius 1 is 1.12 bits per heavy atom. The average Bonchev–Trinajstić information content (AvgIpc) is 3.38. The molecule has 4 aromatic rings. The smallest absolute Gasteiger partial charge is 0.270 e. The summed E-state index contributed by atoms with van der Waals surface area (Å²) >= 11 is 0. The fourth-order valence-corrected chi connectivity index (χ4v) is 6.05. The maximum Gasteiger partial charge on any atom is 0.270 e. The molecule has 0 radical (unpaired) electrons. The predicted molar refractivity (Wildman–Crippen MR) is 152 cm³/mol. The number of rotatable bonds is 7. The van der Waals surface area contributed by atoms with Crippen molar-refractivity contribution in [3.63, 3.8) is 0 Å². The van der Waals surface area contributed by atoms with Crippen molar-refractivity contribution < 1.29 is 27.5 Å². The summed E-state index contributed by atoms with van der Waals surface area (Å²) in [5.41, 5.74) is 2.33. The highest BCUT2D eigenvalue weighted by Gasteiger charge is 2.58. The van der Waals surface area contributed by atoms with E-state index >= 15 is 4.39 Å². The second-order valence-corrected chi connectivity index (χ2v) is 11.7. The summed E-state index contributed by atoms with van der Waals surface area (Å²) in [4.78, 5) is 35.0. The molecule has 2 amide bonds. The number of hydrogen-bond donors (Lipinski definition) is 3. The number of pyridine rings is 1. The maximum absolute atomic E-state index is 15.3. The number of nitrogens with one attached hydrogen (secondary N) is 3. The Balaban J connectivity index is 1.38. The summed E-state index contributed by atoms with van der Waals surface area (Å²) in [5.74, 6) is -4.70. The number of halogens is 3. The summed E-state index contributed by atoms with van der Waals surface area (Å²) in [5, 5.41) is 9.74. The van der Waals surface area contributed by atoms with Crippen LogP contribution in [0, 0.1) is 36.7 Å². The number of anilines is 1. The number of aromatic nitrogens is 4. The molecule has 2 aliphatic rings. The molecular formula is C31H31F3N6O3. The van der Waals surface area contributed by atoms with Gasteiger partial charge in [0.25, 0.3) is 5.91 Å². The molecule has 1 aromatic carbocycles. The van der Waals surface area contributed by atoms with E-state index in [1.165, 1.54) is 29.2 Å². The lowest BCUT2D eigenvalue weighted by molar-refractivity contribution is -0.119. The van der Waals surface area contributed by atoms with E-state index in [9.17, 15) is 18.4 Å². The standard InChI is InChI=1S/C31H31F3N6O3/c1-15(2)40-23(5-8-37-40)29(41)39-28(26-19-10-20(32)21(33)11-24(19)43-14-31(26)6-7-31)30(42)38-18-9-22(34)27(36-13-18)25-16(3)12-35-17(25)4/h5,8-13,15,26,28,35H,6-7,14H2,1-4H3,(H,38,42)(H,39,41)/t26?,28-/m0/s1. The first kappa shape index (κ1) is 28.5. The minimum Gasteiger partial charge on any atom is -0.493 e. The van der Waals surface area contributed by atoms with Gasteiger partial charge >= 0.3 is 0 Å². The molecule has 1 aliphatic carbocycles. The van der Waals surface area contributed by atoms with Crippen LogP contribution in [-0.4, -0.2) is 44.2 Å². The van der Waals surface area contributed by atoms with E-state index in [0.717, 1.165) is 23.4 Å². The van der Waals surface area contributed by atoms with E-state index in [0.29, 0.717) is 18.4 Å². The number of benzene rings is 1. The van der Waals surface area contributed by atoms with Gasteiger partial charge in [-0.3, -0.25) is 19.3 Å². The molecule has 2 atom stereocenters. The maximum atomic E-state index is 15.3. The monoisotopic (exact) mass is 592 g/mol. The lowest BCUT2D eigenvalue weighted by atomic mass is 9.75. The molecule has 4 heterocycles. The van der Waals surface area contributed by atoms with Gasteiger partial charge in [0, 0.05) is 58.7 Å². The van der Waals surface area contributed by atoms with Crippen LogP contribution in [0.2, 0.25) is 0 Å². The summed E-state index contributed by atoms with van der Waals surface area (Å²) in [7, 11) is 0. The number of aryl methyl sites for hydroxylation is 2. The Labute approximate surface area is 245 Å². The highest BCUT2D eigenvalue weighted by atomic mass is 19.2. The van der Waals surface area contributed by atoms with E-state index in [1.54, 1.807) is 6.20 Å². The second-order valence-electron chi connectivity index (χ2n) is 11.7. The zero-order valence-corrected chi connectivity index (χ0v) is 24.1. The highest BCUT2D eigenvalue weighted by Crippen LogP contribution is 2.61. The van der Waals surface area contributed by atoms with Crippen LogP contribution in [0.5, 0.6) is 5.75 Å². The van der Waals surface area contributed by atoms with Crippen LogP contribution in [0.4, 0.5) is 18.9 Å². The topological polar surface area (TPSA) is 114 Å². The summed E-state index contributed by atoms with van der Waals surface area (Å²) in [6, 6.07) is 3.29. The number of nitrogens with zero attached hydrogens (tertiary/aromatic N) is 3. The number of fused-ring (bicyclic) bond motifs is 1. The first-order valence-corrected chi connectivity index (χ1v) is 14.1. The van der Waals surface area contributed by atoms with Gasteiger partial charge in [0.1, 0.15) is 23.2 Å². The van der Waals surface area contributed by atoms with E-state index in [1.807, 2.05) is 27.7 Å². The van der Waals surface area contributed by atoms with E-state index < -0.39 is 46.6 Å². The molecule has 43 heavy (non-hydrogen) atoms. The van der Waals surface area contributed by atoms with Crippen LogP contribution in [0.3, 0.4) is 0 Å². The van der Waals surface area contributed by atoms with Crippen molar-refractivity contribution in [2.75, 3.05) is 11.9 Å². The molecule has 6 rings (SSSR count). The molecule has 1 spiro atoms. The third kappa shape index (κ3) is 5.04. The number of H-pyrrole nitrogens is 1. The molecule has 1 aliphatic heterocycles.